The van der Waals surface area contributed by atoms with Gasteiger partial charge in [-0.2, -0.15) is 0 Å². The molecule has 0 spiro atoms. The molecule has 0 aliphatic carbocycles. The Morgan fingerprint density at radius 2 is 1.92 bits per heavy atom. The maximum atomic E-state index is 12.2. The van der Waals surface area contributed by atoms with E-state index in [9.17, 15) is 14.4 Å². The van der Waals surface area contributed by atoms with E-state index in [2.05, 4.69) is 22.5 Å². The minimum atomic E-state index is -1.08. The Kier molecular flexibility index (Phi) is 8.14. The summed E-state index contributed by atoms with van der Waals surface area (Å²) in [5, 5.41) is 16.6. The molecule has 1 aromatic rings. The second-order valence-electron chi connectivity index (χ2n) is 5.24. The SMILES string of the molecule is C=CCNC(=O)[C@H](Cc1ccccc1)NC(=O)[C@H]1N[C@@H]1C(=O)O.[NaH]. The molecule has 124 valence electrons. The van der Waals surface area contributed by atoms with Crippen molar-refractivity contribution in [2.24, 2.45) is 0 Å². The quantitative estimate of drug-likeness (QED) is 0.269. The molecule has 2 amide bonds. The van der Waals surface area contributed by atoms with Crippen LogP contribution in [0.4, 0.5) is 0 Å². The van der Waals surface area contributed by atoms with E-state index in [0.29, 0.717) is 13.0 Å². The number of hydrogen-bond donors (Lipinski definition) is 4. The van der Waals surface area contributed by atoms with Gasteiger partial charge in [-0.05, 0) is 5.56 Å². The molecule has 0 radical (unpaired) electrons. The van der Waals surface area contributed by atoms with E-state index in [1.807, 2.05) is 30.3 Å². The van der Waals surface area contributed by atoms with E-state index < -0.39 is 30.0 Å². The molecule has 24 heavy (non-hydrogen) atoms. The molecule has 0 unspecified atom stereocenters. The van der Waals surface area contributed by atoms with Crippen LogP contribution in [0.25, 0.3) is 0 Å². The Labute approximate surface area is 162 Å². The number of nitrogens with one attached hydrogen (secondary N) is 3. The van der Waals surface area contributed by atoms with Crippen molar-refractivity contribution in [3.8, 4) is 0 Å². The fourth-order valence-electron chi connectivity index (χ4n) is 2.20. The van der Waals surface area contributed by atoms with E-state index in [-0.39, 0.29) is 35.5 Å². The van der Waals surface area contributed by atoms with E-state index in [0.717, 1.165) is 5.56 Å². The summed E-state index contributed by atoms with van der Waals surface area (Å²) in [7, 11) is 0. The zero-order chi connectivity index (χ0) is 16.8. The Balaban J connectivity index is 0.00000288. The van der Waals surface area contributed by atoms with Gasteiger partial charge in [-0.3, -0.25) is 19.7 Å². The second kappa shape index (κ2) is 9.58. The molecule has 1 aromatic carbocycles. The molecule has 1 aliphatic heterocycles. The van der Waals surface area contributed by atoms with Gasteiger partial charge in [-0.15, -0.1) is 6.58 Å². The maximum absolute atomic E-state index is 12.2. The average molecular weight is 341 g/mol. The normalized spacial score (nSPS) is 19.3. The first-order chi connectivity index (χ1) is 11.0. The van der Waals surface area contributed by atoms with Gasteiger partial charge in [0.1, 0.15) is 18.1 Å². The first-order valence-electron chi connectivity index (χ1n) is 7.24. The van der Waals surface area contributed by atoms with Gasteiger partial charge >= 0.3 is 35.5 Å². The first kappa shape index (κ1) is 20.4. The van der Waals surface area contributed by atoms with Crippen LogP contribution in [-0.2, 0) is 20.8 Å². The van der Waals surface area contributed by atoms with E-state index in [4.69, 9.17) is 5.11 Å². The van der Waals surface area contributed by atoms with E-state index in [1.54, 1.807) is 6.08 Å². The second-order valence-corrected chi connectivity index (χ2v) is 5.24. The van der Waals surface area contributed by atoms with Gasteiger partial charge in [0.2, 0.25) is 11.8 Å². The molecule has 1 saturated heterocycles. The molecule has 4 N–H and O–H groups in total. The molecular weight excluding hydrogens is 321 g/mol. The molecule has 7 nitrogen and oxygen atoms in total. The van der Waals surface area contributed by atoms with Crippen molar-refractivity contribution < 1.29 is 19.5 Å². The Hall–Kier alpha value is -1.67. The number of carbonyl (C=O) groups excluding carboxylic acids is 2. The van der Waals surface area contributed by atoms with Crippen LogP contribution in [0.1, 0.15) is 5.56 Å². The molecule has 8 heteroatoms. The van der Waals surface area contributed by atoms with E-state index >= 15 is 0 Å². The third-order valence-electron chi connectivity index (χ3n) is 3.47. The van der Waals surface area contributed by atoms with Crippen LogP contribution in [0.5, 0.6) is 0 Å². The molecule has 1 fully saturated rings. The van der Waals surface area contributed by atoms with Crippen LogP contribution in [0.2, 0.25) is 0 Å². The summed E-state index contributed by atoms with van der Waals surface area (Å²) >= 11 is 0. The third-order valence-corrected chi connectivity index (χ3v) is 3.47. The van der Waals surface area contributed by atoms with E-state index in [1.165, 1.54) is 0 Å². The summed E-state index contributed by atoms with van der Waals surface area (Å²) in [6, 6.07) is 6.81. The summed E-state index contributed by atoms with van der Waals surface area (Å²) in [5.41, 5.74) is 0.894. The van der Waals surface area contributed by atoms with Gasteiger partial charge in [0.05, 0.1) is 0 Å². The molecule has 2 rings (SSSR count). The number of benzene rings is 1. The van der Waals surface area contributed by atoms with Crippen molar-refractivity contribution in [3.05, 3.63) is 48.6 Å². The molecule has 3 atom stereocenters. The van der Waals surface area contributed by atoms with Gasteiger partial charge < -0.3 is 15.7 Å². The van der Waals surface area contributed by atoms with Gasteiger partial charge in [0, 0.05) is 13.0 Å². The predicted octanol–water partition coefficient (Wildman–Crippen LogP) is -1.21. The topological polar surface area (TPSA) is 117 Å². The van der Waals surface area contributed by atoms with Crippen molar-refractivity contribution >= 4 is 47.3 Å². The zero-order valence-corrected chi connectivity index (χ0v) is 12.5. The van der Waals surface area contributed by atoms with Crippen molar-refractivity contribution in [3.63, 3.8) is 0 Å². The Bertz CT molecular complexity index is 609. The number of carboxylic acid groups (broad SMARTS) is 1. The van der Waals surface area contributed by atoms with Crippen LogP contribution in [0.3, 0.4) is 0 Å². The molecule has 0 bridgehead atoms. The third kappa shape index (κ3) is 5.76. The minimum absolute atomic E-state index is 0. The fraction of sp³-hybridized carbons (Fsp3) is 0.312. The summed E-state index contributed by atoms with van der Waals surface area (Å²) in [6.45, 7) is 3.82. The van der Waals surface area contributed by atoms with Gasteiger partial charge in [0.25, 0.3) is 0 Å². The molecule has 0 saturated carbocycles. The van der Waals surface area contributed by atoms with Crippen LogP contribution < -0.4 is 16.0 Å². The van der Waals surface area contributed by atoms with Crippen LogP contribution in [0.15, 0.2) is 43.0 Å². The first-order valence-corrected chi connectivity index (χ1v) is 7.24. The fourth-order valence-corrected chi connectivity index (χ4v) is 2.20. The Morgan fingerprint density at radius 3 is 2.46 bits per heavy atom. The standard InChI is InChI=1S/C16H19N3O4.Na.H/c1-2-8-17-14(20)11(9-10-6-4-3-5-7-10)18-15(21)12-13(19-12)16(22)23;;/h2-7,11-13,19H,1,8-9H2,(H,17,20)(H,18,21)(H,22,23);;/t11-,12-,13-;;/m0../s1. The molecule has 1 aliphatic rings. The number of carbonyl (C=O) groups is 3. The predicted molar refractivity (Wildman–Crippen MR) is 90.8 cm³/mol. The number of hydrogen-bond acceptors (Lipinski definition) is 4. The summed E-state index contributed by atoms with van der Waals surface area (Å²) in [4.78, 5) is 35.0. The van der Waals surface area contributed by atoms with Crippen LogP contribution in [0, 0.1) is 0 Å². The summed E-state index contributed by atoms with van der Waals surface area (Å²) in [6.07, 6.45) is 1.86. The number of aliphatic carboxylic acids is 1. The summed E-state index contributed by atoms with van der Waals surface area (Å²) in [5.74, 6) is -1.91. The van der Waals surface area contributed by atoms with Crippen LogP contribution in [-0.4, -0.2) is 77.1 Å². The van der Waals surface area contributed by atoms with Crippen LogP contribution >= 0.6 is 0 Å². The summed E-state index contributed by atoms with van der Waals surface area (Å²) < 4.78 is 0. The number of rotatable bonds is 8. The van der Waals surface area contributed by atoms with Gasteiger partial charge in [-0.1, -0.05) is 36.4 Å². The Morgan fingerprint density at radius 1 is 1.25 bits per heavy atom. The molecule has 0 aromatic heterocycles. The van der Waals surface area contributed by atoms with Crippen molar-refractivity contribution in [2.45, 2.75) is 24.5 Å². The van der Waals surface area contributed by atoms with Gasteiger partial charge in [0.15, 0.2) is 0 Å². The van der Waals surface area contributed by atoms with Gasteiger partial charge in [-0.25, -0.2) is 0 Å². The van der Waals surface area contributed by atoms with Crippen molar-refractivity contribution in [1.29, 1.82) is 0 Å². The number of amides is 2. The molecular formula is C16H20N3NaO4. The average Bonchev–Trinajstić information content (AvgIpc) is 3.34. The molecule has 1 heterocycles. The monoisotopic (exact) mass is 341 g/mol. The number of carboxylic acids is 1. The zero-order valence-electron chi connectivity index (χ0n) is 12.5. The van der Waals surface area contributed by atoms with Crippen molar-refractivity contribution in [1.82, 2.24) is 16.0 Å². The van der Waals surface area contributed by atoms with Crippen molar-refractivity contribution in [2.75, 3.05) is 6.54 Å².